The minimum Gasteiger partial charge on any atom is -0.484 e. The Bertz CT molecular complexity index is 908. The number of hydrogen-bond acceptors (Lipinski definition) is 4. The van der Waals surface area contributed by atoms with Crippen LogP contribution in [0.3, 0.4) is 0 Å². The van der Waals surface area contributed by atoms with Crippen LogP contribution in [-0.2, 0) is 16.1 Å². The summed E-state index contributed by atoms with van der Waals surface area (Å²) in [6.07, 6.45) is 1.53. The number of nitrogens with zero attached hydrogens (tertiary/aromatic N) is 1. The predicted molar refractivity (Wildman–Crippen MR) is 94.6 cm³/mol. The van der Waals surface area contributed by atoms with Gasteiger partial charge >= 0.3 is 6.03 Å². The molecule has 1 aliphatic rings. The lowest BCUT2D eigenvalue weighted by Gasteiger charge is -2.11. The van der Waals surface area contributed by atoms with Gasteiger partial charge in [-0.2, -0.15) is 0 Å². The van der Waals surface area contributed by atoms with Gasteiger partial charge in [-0.1, -0.05) is 24.3 Å². The summed E-state index contributed by atoms with van der Waals surface area (Å²) in [4.78, 5) is 36.3. The Morgan fingerprint density at radius 3 is 2.41 bits per heavy atom. The molecule has 0 unspecified atom stereocenters. The number of carbonyl (C=O) groups excluding carboxylic acids is 3. The lowest BCUT2D eigenvalue weighted by Crippen LogP contribution is -2.30. The summed E-state index contributed by atoms with van der Waals surface area (Å²) in [5.41, 5.74) is 6.44. The van der Waals surface area contributed by atoms with E-state index in [4.69, 9.17) is 10.5 Å². The molecule has 0 atom stereocenters. The van der Waals surface area contributed by atoms with Gasteiger partial charge < -0.3 is 15.8 Å². The van der Waals surface area contributed by atoms with Crippen molar-refractivity contribution in [2.24, 2.45) is 5.73 Å². The molecule has 0 aliphatic carbocycles. The molecule has 0 spiro atoms. The van der Waals surface area contributed by atoms with Gasteiger partial charge in [-0.3, -0.25) is 14.5 Å². The van der Waals surface area contributed by atoms with Crippen LogP contribution in [0.4, 0.5) is 9.18 Å². The van der Waals surface area contributed by atoms with Gasteiger partial charge in [-0.05, 0) is 41.5 Å². The van der Waals surface area contributed by atoms with Crippen molar-refractivity contribution in [3.8, 4) is 5.75 Å². The van der Waals surface area contributed by atoms with Crippen LogP contribution >= 0.6 is 0 Å². The van der Waals surface area contributed by atoms with Crippen molar-refractivity contribution < 1.29 is 23.5 Å². The molecule has 1 heterocycles. The monoisotopic (exact) mass is 369 g/mol. The van der Waals surface area contributed by atoms with Crippen molar-refractivity contribution in [3.05, 3.63) is 71.2 Å². The standard InChI is InChI=1S/C19H16FN3O4/c20-14-5-1-13(2-6-14)10-23-18(25)16(22-19(23)26)9-12-3-7-15(8-4-12)27-11-17(21)24/h1-9H,10-11H2,(H2,21,24)(H,22,26)/b16-9-. The number of nitrogens with two attached hydrogens (primary N) is 1. The summed E-state index contributed by atoms with van der Waals surface area (Å²) in [6.45, 7) is -0.185. The largest absolute Gasteiger partial charge is 0.484 e. The fourth-order valence-corrected chi connectivity index (χ4v) is 2.47. The second-order valence-electron chi connectivity index (χ2n) is 5.83. The van der Waals surface area contributed by atoms with E-state index in [1.54, 1.807) is 24.3 Å². The van der Waals surface area contributed by atoms with Gasteiger partial charge in [0.1, 0.15) is 17.3 Å². The van der Waals surface area contributed by atoms with Gasteiger partial charge in [0, 0.05) is 0 Å². The quantitative estimate of drug-likeness (QED) is 0.599. The number of hydrogen-bond donors (Lipinski definition) is 2. The summed E-state index contributed by atoms with van der Waals surface area (Å²) in [6, 6.07) is 11.6. The van der Waals surface area contributed by atoms with Crippen molar-refractivity contribution in [2.45, 2.75) is 6.54 Å². The van der Waals surface area contributed by atoms with E-state index >= 15 is 0 Å². The molecule has 0 aromatic heterocycles. The van der Waals surface area contributed by atoms with Crippen LogP contribution < -0.4 is 15.8 Å². The van der Waals surface area contributed by atoms with Crippen LogP contribution in [0.1, 0.15) is 11.1 Å². The highest BCUT2D eigenvalue weighted by Gasteiger charge is 2.33. The molecular weight excluding hydrogens is 353 g/mol. The Morgan fingerprint density at radius 2 is 1.78 bits per heavy atom. The van der Waals surface area contributed by atoms with Crippen LogP contribution in [0, 0.1) is 5.82 Å². The third kappa shape index (κ3) is 4.49. The second kappa shape index (κ2) is 7.69. The Morgan fingerprint density at radius 1 is 1.11 bits per heavy atom. The molecule has 7 nitrogen and oxygen atoms in total. The molecule has 0 radical (unpaired) electrons. The van der Waals surface area contributed by atoms with Crippen molar-refractivity contribution in [1.29, 1.82) is 0 Å². The summed E-state index contributed by atoms with van der Waals surface area (Å²) in [5, 5.41) is 2.52. The maximum absolute atomic E-state index is 13.0. The smallest absolute Gasteiger partial charge is 0.329 e. The molecule has 0 saturated carbocycles. The minimum atomic E-state index is -0.582. The zero-order chi connectivity index (χ0) is 19.4. The first kappa shape index (κ1) is 18.1. The number of nitrogens with one attached hydrogen (secondary N) is 1. The summed E-state index contributed by atoms with van der Waals surface area (Å²) < 4.78 is 18.1. The first-order valence-electron chi connectivity index (χ1n) is 8.02. The molecular formula is C19H16FN3O4. The maximum atomic E-state index is 13.0. The number of amides is 4. The van der Waals surface area contributed by atoms with E-state index in [1.165, 1.54) is 30.3 Å². The Labute approximate surface area is 154 Å². The maximum Gasteiger partial charge on any atom is 0.329 e. The van der Waals surface area contributed by atoms with Gasteiger partial charge in [0.05, 0.1) is 6.54 Å². The zero-order valence-electron chi connectivity index (χ0n) is 14.1. The second-order valence-corrected chi connectivity index (χ2v) is 5.83. The summed E-state index contributed by atoms with van der Waals surface area (Å²) in [5.74, 6) is -0.990. The van der Waals surface area contributed by atoms with Crippen LogP contribution in [0.25, 0.3) is 6.08 Å². The number of rotatable bonds is 6. The molecule has 3 rings (SSSR count). The van der Waals surface area contributed by atoms with Crippen LogP contribution in [0.5, 0.6) is 5.75 Å². The van der Waals surface area contributed by atoms with Crippen molar-refractivity contribution in [3.63, 3.8) is 0 Å². The molecule has 1 fully saturated rings. The van der Waals surface area contributed by atoms with Gasteiger partial charge in [0.25, 0.3) is 11.8 Å². The lowest BCUT2D eigenvalue weighted by molar-refractivity contribution is -0.123. The molecule has 4 amide bonds. The van der Waals surface area contributed by atoms with Crippen molar-refractivity contribution in [1.82, 2.24) is 10.2 Å². The fraction of sp³-hybridized carbons (Fsp3) is 0.105. The van der Waals surface area contributed by atoms with E-state index in [2.05, 4.69) is 5.32 Å². The van der Waals surface area contributed by atoms with E-state index in [0.717, 1.165) is 4.90 Å². The number of benzene rings is 2. The highest BCUT2D eigenvalue weighted by atomic mass is 19.1. The molecule has 3 N–H and O–H groups in total. The van der Waals surface area contributed by atoms with E-state index < -0.39 is 17.8 Å². The number of primary amides is 1. The van der Waals surface area contributed by atoms with E-state index in [1.807, 2.05) is 0 Å². The first-order chi connectivity index (χ1) is 12.9. The molecule has 27 heavy (non-hydrogen) atoms. The highest BCUT2D eigenvalue weighted by Crippen LogP contribution is 2.19. The van der Waals surface area contributed by atoms with Crippen molar-refractivity contribution >= 4 is 23.9 Å². The van der Waals surface area contributed by atoms with Crippen LogP contribution in [0.2, 0.25) is 0 Å². The van der Waals surface area contributed by atoms with Crippen LogP contribution in [-0.4, -0.2) is 29.4 Å². The SMILES string of the molecule is NC(=O)COc1ccc(/C=C2\NC(=O)N(Cc3ccc(F)cc3)C2=O)cc1. The summed E-state index contributed by atoms with van der Waals surface area (Å²) >= 11 is 0. The average molecular weight is 369 g/mol. The molecule has 2 aromatic rings. The Hall–Kier alpha value is -3.68. The Balaban J connectivity index is 1.70. The van der Waals surface area contributed by atoms with E-state index in [0.29, 0.717) is 16.9 Å². The minimum absolute atomic E-state index is 0.0438. The normalized spacial score (nSPS) is 15.1. The van der Waals surface area contributed by atoms with Crippen LogP contribution in [0.15, 0.2) is 54.2 Å². The topological polar surface area (TPSA) is 102 Å². The number of carbonyl (C=O) groups is 3. The molecule has 1 aliphatic heterocycles. The number of urea groups is 1. The van der Waals surface area contributed by atoms with Gasteiger partial charge in [0.2, 0.25) is 0 Å². The zero-order valence-corrected chi connectivity index (χ0v) is 14.1. The predicted octanol–water partition coefficient (Wildman–Crippen LogP) is 1.78. The number of imide groups is 1. The van der Waals surface area contributed by atoms with Crippen molar-refractivity contribution in [2.75, 3.05) is 6.61 Å². The van der Waals surface area contributed by atoms with E-state index in [9.17, 15) is 18.8 Å². The van der Waals surface area contributed by atoms with Gasteiger partial charge in [0.15, 0.2) is 6.61 Å². The lowest BCUT2D eigenvalue weighted by atomic mass is 10.1. The molecule has 8 heteroatoms. The average Bonchev–Trinajstić information content (AvgIpc) is 2.90. The highest BCUT2D eigenvalue weighted by molar-refractivity contribution is 6.13. The molecule has 2 aromatic carbocycles. The molecule has 138 valence electrons. The van der Waals surface area contributed by atoms with Gasteiger partial charge in [-0.15, -0.1) is 0 Å². The first-order valence-corrected chi connectivity index (χ1v) is 8.02. The summed E-state index contributed by atoms with van der Waals surface area (Å²) in [7, 11) is 0. The fourth-order valence-electron chi connectivity index (χ4n) is 2.47. The van der Waals surface area contributed by atoms with Gasteiger partial charge in [-0.25, -0.2) is 9.18 Å². The third-order valence-electron chi connectivity index (χ3n) is 3.79. The third-order valence-corrected chi connectivity index (χ3v) is 3.79. The number of ether oxygens (including phenoxy) is 1. The molecule has 1 saturated heterocycles. The number of halogens is 1. The Kier molecular flexibility index (Phi) is 5.16. The molecule has 0 bridgehead atoms. The van der Waals surface area contributed by atoms with E-state index in [-0.39, 0.29) is 24.7 Å².